The number of nitrogens with zero attached hydrogens (tertiary/aromatic N) is 2. The second kappa shape index (κ2) is 5.20. The first-order chi connectivity index (χ1) is 9.99. The number of hydrogen-bond donors (Lipinski definition) is 0. The number of aromatic nitrogens is 2. The fourth-order valence-corrected chi connectivity index (χ4v) is 2.87. The molecule has 106 valence electrons. The molecule has 0 aliphatic heterocycles. The molecule has 0 bridgehead atoms. The average Bonchev–Trinajstić information content (AvgIpc) is 2.41. The van der Waals surface area contributed by atoms with Crippen LogP contribution in [-0.4, -0.2) is 9.97 Å². The molecular weight excluding hydrogens is 317 g/mol. The Morgan fingerprint density at radius 1 is 1.05 bits per heavy atom. The first-order valence-corrected chi connectivity index (χ1v) is 6.79. The molecule has 0 unspecified atom stereocenters. The maximum absolute atomic E-state index is 14.2. The number of halogens is 4. The number of benzene rings is 1. The van der Waals surface area contributed by atoms with Crippen molar-refractivity contribution in [2.75, 3.05) is 0 Å². The monoisotopic (exact) mass is 324 g/mol. The fourth-order valence-electron chi connectivity index (χ4n) is 2.20. The van der Waals surface area contributed by atoms with Gasteiger partial charge in [-0.1, -0.05) is 23.2 Å². The number of aryl methyl sites for hydroxylation is 1. The molecular formula is C15H8Cl2F2N2. The van der Waals surface area contributed by atoms with Crippen molar-refractivity contribution in [2.45, 2.75) is 6.92 Å². The van der Waals surface area contributed by atoms with Crippen LogP contribution >= 0.6 is 23.2 Å². The third-order valence-electron chi connectivity index (χ3n) is 3.12. The summed E-state index contributed by atoms with van der Waals surface area (Å²) in [6.45, 7) is 1.60. The molecule has 0 spiro atoms. The SMILES string of the molecule is Cc1cc(F)c(-c2c(Cl)nc3cnccc3c2Cl)c(F)c1. The molecule has 0 aliphatic rings. The topological polar surface area (TPSA) is 25.8 Å². The summed E-state index contributed by atoms with van der Waals surface area (Å²) >= 11 is 12.3. The third-order valence-corrected chi connectivity index (χ3v) is 3.78. The standard InChI is InChI=1S/C15H8Cl2F2N2/c1-7-4-9(18)12(10(19)5-7)13-14(16)8-2-3-20-6-11(8)21-15(13)17/h2-6H,1H3. The van der Waals surface area contributed by atoms with Crippen molar-refractivity contribution < 1.29 is 8.78 Å². The third kappa shape index (κ3) is 2.34. The van der Waals surface area contributed by atoms with Crippen LogP contribution in [0, 0.1) is 18.6 Å². The van der Waals surface area contributed by atoms with E-state index in [-0.39, 0.29) is 21.3 Å². The van der Waals surface area contributed by atoms with Crippen LogP contribution < -0.4 is 0 Å². The van der Waals surface area contributed by atoms with E-state index in [1.165, 1.54) is 24.5 Å². The Morgan fingerprint density at radius 3 is 2.38 bits per heavy atom. The van der Waals surface area contributed by atoms with Crippen molar-refractivity contribution in [1.82, 2.24) is 9.97 Å². The molecule has 2 aromatic heterocycles. The maximum Gasteiger partial charge on any atom is 0.139 e. The highest BCUT2D eigenvalue weighted by Crippen LogP contribution is 2.40. The zero-order valence-corrected chi connectivity index (χ0v) is 12.3. The van der Waals surface area contributed by atoms with E-state index < -0.39 is 11.6 Å². The predicted molar refractivity (Wildman–Crippen MR) is 79.6 cm³/mol. The second-order valence-corrected chi connectivity index (χ2v) is 5.32. The van der Waals surface area contributed by atoms with Gasteiger partial charge in [0, 0.05) is 17.1 Å². The molecule has 0 fully saturated rings. The summed E-state index contributed by atoms with van der Waals surface area (Å²) < 4.78 is 28.3. The molecule has 2 heterocycles. The number of rotatable bonds is 1. The lowest BCUT2D eigenvalue weighted by atomic mass is 10.0. The van der Waals surface area contributed by atoms with Gasteiger partial charge in [0.2, 0.25) is 0 Å². The lowest BCUT2D eigenvalue weighted by molar-refractivity contribution is 0.587. The van der Waals surface area contributed by atoms with Crippen LogP contribution in [0.5, 0.6) is 0 Å². The van der Waals surface area contributed by atoms with Crippen LogP contribution in [0.2, 0.25) is 10.2 Å². The van der Waals surface area contributed by atoms with Gasteiger partial charge < -0.3 is 0 Å². The highest BCUT2D eigenvalue weighted by Gasteiger charge is 2.21. The van der Waals surface area contributed by atoms with Crippen LogP contribution in [0.3, 0.4) is 0 Å². The first-order valence-electron chi connectivity index (χ1n) is 6.03. The predicted octanol–water partition coefficient (Wildman–Crippen LogP) is 5.19. The summed E-state index contributed by atoms with van der Waals surface area (Å²) in [5.41, 5.74) is 0.706. The smallest absolute Gasteiger partial charge is 0.139 e. The molecule has 0 N–H and O–H groups in total. The van der Waals surface area contributed by atoms with Crippen molar-refractivity contribution >= 4 is 34.1 Å². The number of hydrogen-bond acceptors (Lipinski definition) is 2. The normalized spacial score (nSPS) is 11.1. The Morgan fingerprint density at radius 2 is 1.71 bits per heavy atom. The van der Waals surface area contributed by atoms with Crippen molar-refractivity contribution in [3.8, 4) is 11.1 Å². The van der Waals surface area contributed by atoms with Gasteiger partial charge in [-0.2, -0.15) is 0 Å². The van der Waals surface area contributed by atoms with Crippen molar-refractivity contribution in [3.63, 3.8) is 0 Å². The maximum atomic E-state index is 14.2. The van der Waals surface area contributed by atoms with Gasteiger partial charge in [-0.05, 0) is 30.7 Å². The highest BCUT2D eigenvalue weighted by molar-refractivity contribution is 6.42. The summed E-state index contributed by atoms with van der Waals surface area (Å²) in [7, 11) is 0. The summed E-state index contributed by atoms with van der Waals surface area (Å²) in [6.07, 6.45) is 3.01. The molecule has 6 heteroatoms. The Hall–Kier alpha value is -1.78. The van der Waals surface area contributed by atoms with E-state index in [2.05, 4.69) is 9.97 Å². The lowest BCUT2D eigenvalue weighted by Gasteiger charge is -2.12. The van der Waals surface area contributed by atoms with Gasteiger partial charge in [0.25, 0.3) is 0 Å². The molecule has 2 nitrogen and oxygen atoms in total. The molecule has 0 radical (unpaired) electrons. The number of pyridine rings is 2. The van der Waals surface area contributed by atoms with Crippen molar-refractivity contribution in [2.24, 2.45) is 0 Å². The molecule has 0 saturated carbocycles. The molecule has 0 atom stereocenters. The Kier molecular flexibility index (Phi) is 3.51. The molecule has 3 aromatic rings. The lowest BCUT2D eigenvalue weighted by Crippen LogP contribution is -1.96. The van der Waals surface area contributed by atoms with Crippen LogP contribution in [0.1, 0.15) is 5.56 Å². The van der Waals surface area contributed by atoms with E-state index in [1.54, 1.807) is 13.0 Å². The van der Waals surface area contributed by atoms with Gasteiger partial charge in [-0.3, -0.25) is 4.98 Å². The van der Waals surface area contributed by atoms with Crippen LogP contribution in [0.25, 0.3) is 22.0 Å². The molecule has 21 heavy (non-hydrogen) atoms. The Balaban J connectivity index is 2.41. The minimum absolute atomic E-state index is 0.0482. The summed E-state index contributed by atoms with van der Waals surface area (Å²) in [6, 6.07) is 4.07. The van der Waals surface area contributed by atoms with Crippen molar-refractivity contribution in [1.29, 1.82) is 0 Å². The largest absolute Gasteiger partial charge is 0.262 e. The van der Waals surface area contributed by atoms with E-state index in [0.717, 1.165) is 0 Å². The molecule has 0 amide bonds. The van der Waals surface area contributed by atoms with E-state index in [4.69, 9.17) is 23.2 Å². The highest BCUT2D eigenvalue weighted by atomic mass is 35.5. The number of fused-ring (bicyclic) bond motifs is 1. The van der Waals surface area contributed by atoms with E-state index >= 15 is 0 Å². The van der Waals surface area contributed by atoms with E-state index in [1.807, 2.05) is 0 Å². The van der Waals surface area contributed by atoms with Gasteiger partial charge in [-0.15, -0.1) is 0 Å². The van der Waals surface area contributed by atoms with Gasteiger partial charge >= 0.3 is 0 Å². The second-order valence-electron chi connectivity index (χ2n) is 4.59. The fraction of sp³-hybridized carbons (Fsp3) is 0.0667. The summed E-state index contributed by atoms with van der Waals surface area (Å²) in [5, 5.41) is 0.613. The van der Waals surface area contributed by atoms with Gasteiger partial charge in [-0.25, -0.2) is 13.8 Å². The van der Waals surface area contributed by atoms with Gasteiger partial charge in [0.05, 0.1) is 22.3 Å². The molecule has 3 rings (SSSR count). The van der Waals surface area contributed by atoms with Crippen LogP contribution in [0.15, 0.2) is 30.6 Å². The first kappa shape index (κ1) is 14.2. The van der Waals surface area contributed by atoms with Crippen molar-refractivity contribution in [3.05, 3.63) is 58.0 Å². The average molecular weight is 325 g/mol. The quantitative estimate of drug-likeness (QED) is 0.575. The van der Waals surface area contributed by atoms with Crippen LogP contribution in [-0.2, 0) is 0 Å². The molecule has 0 saturated heterocycles. The summed E-state index contributed by atoms with van der Waals surface area (Å²) in [4.78, 5) is 8.02. The molecule has 0 aliphatic carbocycles. The minimum Gasteiger partial charge on any atom is -0.262 e. The van der Waals surface area contributed by atoms with Gasteiger partial charge in [0.1, 0.15) is 16.8 Å². The molecule has 1 aromatic carbocycles. The zero-order valence-electron chi connectivity index (χ0n) is 10.8. The van der Waals surface area contributed by atoms with E-state index in [0.29, 0.717) is 16.5 Å². The minimum atomic E-state index is -0.730. The van der Waals surface area contributed by atoms with E-state index in [9.17, 15) is 8.78 Å². The Bertz CT molecular complexity index is 843. The van der Waals surface area contributed by atoms with Gasteiger partial charge in [0.15, 0.2) is 0 Å². The van der Waals surface area contributed by atoms with Crippen LogP contribution in [0.4, 0.5) is 8.78 Å². The Labute approximate surface area is 129 Å². The summed E-state index contributed by atoms with van der Waals surface area (Å²) in [5.74, 6) is -1.46. The zero-order chi connectivity index (χ0) is 15.1.